The lowest BCUT2D eigenvalue weighted by Gasteiger charge is -2.38. The molecule has 0 aliphatic carbocycles. The zero-order valence-corrected chi connectivity index (χ0v) is 18.7. The SMILES string of the molecule is Cc1c(-c2ccccc2)oc2c(C(=O)N3CCN(C(C#N)C(C)C)CC3)cccc2c1=O. The molecule has 164 valence electrons. The van der Waals surface area contributed by atoms with Gasteiger partial charge in [-0.1, -0.05) is 50.2 Å². The summed E-state index contributed by atoms with van der Waals surface area (Å²) in [5, 5.41) is 9.89. The van der Waals surface area contributed by atoms with Crippen molar-refractivity contribution in [1.29, 1.82) is 5.26 Å². The number of carbonyl (C=O) groups excluding carboxylic acids is 1. The minimum absolute atomic E-state index is 0.127. The summed E-state index contributed by atoms with van der Waals surface area (Å²) >= 11 is 0. The number of benzene rings is 2. The molecule has 32 heavy (non-hydrogen) atoms. The van der Waals surface area contributed by atoms with Gasteiger partial charge in [-0.2, -0.15) is 5.26 Å². The molecular formula is C26H27N3O3. The van der Waals surface area contributed by atoms with Gasteiger partial charge in [0.2, 0.25) is 0 Å². The van der Waals surface area contributed by atoms with Crippen LogP contribution in [-0.4, -0.2) is 47.9 Å². The fourth-order valence-electron chi connectivity index (χ4n) is 4.37. The van der Waals surface area contributed by atoms with Crippen LogP contribution in [0, 0.1) is 24.2 Å². The maximum atomic E-state index is 13.4. The van der Waals surface area contributed by atoms with Gasteiger partial charge in [-0.05, 0) is 25.0 Å². The Bertz CT molecular complexity index is 1230. The van der Waals surface area contributed by atoms with Gasteiger partial charge in [-0.15, -0.1) is 0 Å². The number of nitrogens with zero attached hydrogens (tertiary/aromatic N) is 3. The van der Waals surface area contributed by atoms with Crippen molar-refractivity contribution in [3.63, 3.8) is 0 Å². The maximum absolute atomic E-state index is 13.4. The van der Waals surface area contributed by atoms with E-state index in [1.165, 1.54) is 0 Å². The molecule has 1 aliphatic heterocycles. The highest BCUT2D eigenvalue weighted by Gasteiger charge is 2.29. The Hall–Kier alpha value is -3.43. The predicted octanol–water partition coefficient (Wildman–Crippen LogP) is 4.07. The smallest absolute Gasteiger partial charge is 0.257 e. The first-order valence-corrected chi connectivity index (χ1v) is 11.0. The molecule has 0 bridgehead atoms. The van der Waals surface area contributed by atoms with E-state index in [4.69, 9.17) is 4.42 Å². The Kier molecular flexibility index (Phi) is 6.11. The van der Waals surface area contributed by atoms with Gasteiger partial charge < -0.3 is 9.32 Å². The van der Waals surface area contributed by atoms with Gasteiger partial charge in [0.1, 0.15) is 11.8 Å². The van der Waals surface area contributed by atoms with Crippen LogP contribution in [-0.2, 0) is 0 Å². The minimum Gasteiger partial charge on any atom is -0.455 e. The van der Waals surface area contributed by atoms with Crippen molar-refractivity contribution in [2.45, 2.75) is 26.8 Å². The van der Waals surface area contributed by atoms with Gasteiger partial charge in [-0.25, -0.2) is 0 Å². The molecule has 1 aromatic heterocycles. The van der Waals surface area contributed by atoms with E-state index in [0.717, 1.165) is 5.56 Å². The van der Waals surface area contributed by atoms with Crippen molar-refractivity contribution < 1.29 is 9.21 Å². The lowest BCUT2D eigenvalue weighted by molar-refractivity contribution is 0.0577. The number of fused-ring (bicyclic) bond motifs is 1. The molecule has 6 heteroatoms. The summed E-state index contributed by atoms with van der Waals surface area (Å²) in [6, 6.07) is 16.8. The second kappa shape index (κ2) is 8.97. The van der Waals surface area contributed by atoms with Crippen LogP contribution < -0.4 is 5.43 Å². The minimum atomic E-state index is -0.153. The molecule has 0 N–H and O–H groups in total. The summed E-state index contributed by atoms with van der Waals surface area (Å²) in [6.07, 6.45) is 0. The highest BCUT2D eigenvalue weighted by atomic mass is 16.3. The van der Waals surface area contributed by atoms with Gasteiger partial charge in [0.15, 0.2) is 11.0 Å². The molecule has 0 spiro atoms. The van der Waals surface area contributed by atoms with Crippen LogP contribution >= 0.6 is 0 Å². The van der Waals surface area contributed by atoms with Gasteiger partial charge in [-0.3, -0.25) is 14.5 Å². The summed E-state index contributed by atoms with van der Waals surface area (Å²) in [7, 11) is 0. The number of para-hydroxylation sites is 1. The molecular weight excluding hydrogens is 402 g/mol. The Balaban J connectivity index is 1.68. The normalized spacial score (nSPS) is 15.7. The third-order valence-corrected chi connectivity index (χ3v) is 6.17. The number of carbonyl (C=O) groups is 1. The van der Waals surface area contributed by atoms with Gasteiger partial charge in [0.25, 0.3) is 5.91 Å². The molecule has 6 nitrogen and oxygen atoms in total. The fraction of sp³-hybridized carbons (Fsp3) is 0.346. The van der Waals surface area contributed by atoms with Gasteiger partial charge in [0.05, 0.1) is 17.0 Å². The predicted molar refractivity (Wildman–Crippen MR) is 124 cm³/mol. The van der Waals surface area contributed by atoms with E-state index in [1.54, 1.807) is 30.0 Å². The quantitative estimate of drug-likeness (QED) is 0.625. The average molecular weight is 430 g/mol. The van der Waals surface area contributed by atoms with E-state index in [-0.39, 0.29) is 23.3 Å². The summed E-state index contributed by atoms with van der Waals surface area (Å²) < 4.78 is 6.21. The molecule has 3 aromatic rings. The summed E-state index contributed by atoms with van der Waals surface area (Å²) in [4.78, 5) is 30.4. The van der Waals surface area contributed by atoms with E-state index < -0.39 is 0 Å². The topological polar surface area (TPSA) is 77.6 Å². The number of hydrogen-bond acceptors (Lipinski definition) is 5. The van der Waals surface area contributed by atoms with Crippen molar-refractivity contribution in [3.8, 4) is 17.4 Å². The van der Waals surface area contributed by atoms with Crippen molar-refractivity contribution in [2.24, 2.45) is 5.92 Å². The second-order valence-corrected chi connectivity index (χ2v) is 8.58. The summed E-state index contributed by atoms with van der Waals surface area (Å²) in [5.74, 6) is 0.565. The summed E-state index contributed by atoms with van der Waals surface area (Å²) in [6.45, 7) is 8.17. The van der Waals surface area contributed by atoms with Crippen LogP contribution in [0.3, 0.4) is 0 Å². The van der Waals surface area contributed by atoms with Crippen LogP contribution in [0.25, 0.3) is 22.3 Å². The number of hydrogen-bond donors (Lipinski definition) is 0. The van der Waals surface area contributed by atoms with Crippen LogP contribution in [0.4, 0.5) is 0 Å². The summed E-state index contributed by atoms with van der Waals surface area (Å²) in [5.41, 5.74) is 1.92. The van der Waals surface area contributed by atoms with Crippen molar-refractivity contribution >= 4 is 16.9 Å². The van der Waals surface area contributed by atoms with E-state index in [1.807, 2.05) is 44.2 Å². The standard InChI is InChI=1S/C26H27N3O3/c1-17(2)22(16-27)28-12-14-29(15-13-28)26(31)21-11-7-10-20-23(30)18(3)24(32-25(20)21)19-8-5-4-6-9-19/h4-11,17,22H,12-15H2,1-3H3. The van der Waals surface area contributed by atoms with Crippen molar-refractivity contribution in [1.82, 2.24) is 9.80 Å². The van der Waals surface area contributed by atoms with Gasteiger partial charge >= 0.3 is 0 Å². The van der Waals surface area contributed by atoms with Crippen LogP contribution in [0.2, 0.25) is 0 Å². The highest BCUT2D eigenvalue weighted by Crippen LogP contribution is 2.28. The van der Waals surface area contributed by atoms with Crippen molar-refractivity contribution in [2.75, 3.05) is 26.2 Å². The van der Waals surface area contributed by atoms with E-state index in [9.17, 15) is 14.9 Å². The molecule has 1 aliphatic rings. The monoisotopic (exact) mass is 429 g/mol. The number of rotatable bonds is 4. The van der Waals surface area contributed by atoms with Crippen molar-refractivity contribution in [3.05, 3.63) is 69.9 Å². The van der Waals surface area contributed by atoms with Crippen LogP contribution in [0.5, 0.6) is 0 Å². The lowest BCUT2D eigenvalue weighted by Crippen LogP contribution is -2.52. The molecule has 0 saturated carbocycles. The molecule has 0 radical (unpaired) electrons. The third-order valence-electron chi connectivity index (χ3n) is 6.17. The second-order valence-electron chi connectivity index (χ2n) is 8.58. The first-order chi connectivity index (χ1) is 15.4. The molecule has 2 aromatic carbocycles. The first kappa shape index (κ1) is 21.8. The Labute approximate surface area is 187 Å². The van der Waals surface area contributed by atoms with E-state index >= 15 is 0 Å². The number of piperazine rings is 1. The largest absolute Gasteiger partial charge is 0.455 e. The lowest BCUT2D eigenvalue weighted by atomic mass is 10.0. The molecule has 4 rings (SSSR count). The Morgan fingerprint density at radius 1 is 1.03 bits per heavy atom. The molecule has 1 saturated heterocycles. The average Bonchev–Trinajstić information content (AvgIpc) is 2.82. The van der Waals surface area contributed by atoms with Crippen LogP contribution in [0.1, 0.15) is 29.8 Å². The molecule has 1 unspecified atom stereocenters. The maximum Gasteiger partial charge on any atom is 0.257 e. The van der Waals surface area contributed by atoms with E-state index in [0.29, 0.717) is 54.0 Å². The molecule has 1 fully saturated rings. The zero-order chi connectivity index (χ0) is 22.8. The first-order valence-electron chi connectivity index (χ1n) is 11.0. The van der Waals surface area contributed by atoms with Gasteiger partial charge in [0, 0.05) is 37.3 Å². The van der Waals surface area contributed by atoms with E-state index in [2.05, 4.69) is 11.0 Å². The fourth-order valence-corrected chi connectivity index (χ4v) is 4.37. The number of nitriles is 1. The third kappa shape index (κ3) is 3.92. The Morgan fingerprint density at radius 2 is 1.72 bits per heavy atom. The zero-order valence-electron chi connectivity index (χ0n) is 18.7. The number of amides is 1. The Morgan fingerprint density at radius 3 is 2.34 bits per heavy atom. The molecule has 1 amide bonds. The highest BCUT2D eigenvalue weighted by molar-refractivity contribution is 6.05. The molecule has 1 atom stereocenters. The van der Waals surface area contributed by atoms with Crippen LogP contribution in [0.15, 0.2) is 57.7 Å². The molecule has 2 heterocycles.